The monoisotopic (exact) mass is 384 g/mol. The lowest BCUT2D eigenvalue weighted by Gasteiger charge is -2.09. The van der Waals surface area contributed by atoms with Crippen molar-refractivity contribution in [3.8, 4) is 0 Å². The highest BCUT2D eigenvalue weighted by molar-refractivity contribution is 6.31. The van der Waals surface area contributed by atoms with Crippen LogP contribution in [0.2, 0.25) is 10.0 Å². The van der Waals surface area contributed by atoms with Crippen molar-refractivity contribution in [3.05, 3.63) is 70.5 Å². The van der Waals surface area contributed by atoms with E-state index in [0.29, 0.717) is 33.9 Å². The summed E-state index contributed by atoms with van der Waals surface area (Å²) in [6.45, 7) is 0.575. The zero-order chi connectivity index (χ0) is 17.9. The van der Waals surface area contributed by atoms with E-state index in [1.807, 2.05) is 48.5 Å². The second kappa shape index (κ2) is 7.19. The minimum absolute atomic E-state index is 0.575. The minimum atomic E-state index is 0.575. The standard InChI is InChI=1S/C18H14Cl2N6/c19-12-4-1-3-11(7-12)9-21-17-15-16(22-10-23-18(15)26-25-17)24-14-6-2-5-13(20)8-14/h1-8,10H,9H2,(H3,21,22,23,24,25,26). The Bertz CT molecular complexity index is 1060. The predicted molar refractivity (Wildman–Crippen MR) is 105 cm³/mol. The molecule has 0 fully saturated rings. The predicted octanol–water partition coefficient (Wildman–Crippen LogP) is 5.02. The van der Waals surface area contributed by atoms with Crippen LogP contribution in [0.5, 0.6) is 0 Å². The number of nitrogens with one attached hydrogen (secondary N) is 3. The second-order valence-corrected chi connectivity index (χ2v) is 6.51. The summed E-state index contributed by atoms with van der Waals surface area (Å²) in [6, 6.07) is 15.1. The Labute approximate surface area is 159 Å². The van der Waals surface area contributed by atoms with E-state index < -0.39 is 0 Å². The molecule has 2 aromatic carbocycles. The van der Waals surface area contributed by atoms with Gasteiger partial charge in [-0.15, -0.1) is 0 Å². The lowest BCUT2D eigenvalue weighted by Crippen LogP contribution is -2.02. The highest BCUT2D eigenvalue weighted by atomic mass is 35.5. The molecule has 4 rings (SSSR count). The fraction of sp³-hybridized carbons (Fsp3) is 0.0556. The first-order valence-corrected chi connectivity index (χ1v) is 8.64. The molecule has 0 bridgehead atoms. The van der Waals surface area contributed by atoms with Crippen molar-refractivity contribution >= 4 is 51.6 Å². The van der Waals surface area contributed by atoms with Gasteiger partial charge in [0.15, 0.2) is 11.5 Å². The van der Waals surface area contributed by atoms with Gasteiger partial charge in [0.1, 0.15) is 17.5 Å². The van der Waals surface area contributed by atoms with Crippen LogP contribution >= 0.6 is 23.2 Å². The van der Waals surface area contributed by atoms with E-state index in [9.17, 15) is 0 Å². The van der Waals surface area contributed by atoms with Gasteiger partial charge in [-0.1, -0.05) is 41.4 Å². The highest BCUT2D eigenvalue weighted by Crippen LogP contribution is 2.29. The molecule has 0 atom stereocenters. The fourth-order valence-corrected chi connectivity index (χ4v) is 3.02. The Hall–Kier alpha value is -2.83. The zero-order valence-electron chi connectivity index (χ0n) is 13.5. The third-order valence-corrected chi connectivity index (χ3v) is 4.26. The number of benzene rings is 2. The van der Waals surface area contributed by atoms with Crippen molar-refractivity contribution in [3.63, 3.8) is 0 Å². The first-order chi connectivity index (χ1) is 12.7. The molecular formula is C18H14Cl2N6. The quantitative estimate of drug-likeness (QED) is 0.450. The second-order valence-electron chi connectivity index (χ2n) is 5.64. The van der Waals surface area contributed by atoms with E-state index in [2.05, 4.69) is 30.8 Å². The summed E-state index contributed by atoms with van der Waals surface area (Å²) < 4.78 is 0. The Kier molecular flexibility index (Phi) is 4.60. The summed E-state index contributed by atoms with van der Waals surface area (Å²) in [5.41, 5.74) is 2.52. The van der Waals surface area contributed by atoms with E-state index in [-0.39, 0.29) is 0 Å². The van der Waals surface area contributed by atoms with Crippen molar-refractivity contribution in [1.82, 2.24) is 20.2 Å². The summed E-state index contributed by atoms with van der Waals surface area (Å²) in [4.78, 5) is 8.58. The molecule has 0 amide bonds. The topological polar surface area (TPSA) is 78.5 Å². The van der Waals surface area contributed by atoms with Crippen molar-refractivity contribution in [2.45, 2.75) is 6.54 Å². The summed E-state index contributed by atoms with van der Waals surface area (Å²) in [7, 11) is 0. The van der Waals surface area contributed by atoms with E-state index in [0.717, 1.165) is 16.6 Å². The molecule has 2 heterocycles. The molecule has 0 aliphatic carbocycles. The number of hydrogen-bond donors (Lipinski definition) is 3. The SMILES string of the molecule is Clc1cccc(CNc2n[nH]c3ncnc(Nc4cccc(Cl)c4)c23)c1. The van der Waals surface area contributed by atoms with Gasteiger partial charge in [-0.05, 0) is 35.9 Å². The first-order valence-electron chi connectivity index (χ1n) is 7.89. The molecule has 3 N–H and O–H groups in total. The molecule has 0 unspecified atom stereocenters. The van der Waals surface area contributed by atoms with Gasteiger partial charge < -0.3 is 10.6 Å². The van der Waals surface area contributed by atoms with Crippen LogP contribution in [0.15, 0.2) is 54.9 Å². The Morgan fingerprint density at radius 2 is 1.73 bits per heavy atom. The molecular weight excluding hydrogens is 371 g/mol. The van der Waals surface area contributed by atoms with Crippen molar-refractivity contribution in [2.75, 3.05) is 10.6 Å². The van der Waals surface area contributed by atoms with Gasteiger partial charge in [0.2, 0.25) is 0 Å². The van der Waals surface area contributed by atoms with Crippen LogP contribution in [-0.4, -0.2) is 20.2 Å². The van der Waals surface area contributed by atoms with Gasteiger partial charge in [0.05, 0.1) is 0 Å². The lowest BCUT2D eigenvalue weighted by molar-refractivity contribution is 1.05. The number of hydrogen-bond acceptors (Lipinski definition) is 5. The van der Waals surface area contributed by atoms with Crippen molar-refractivity contribution in [2.24, 2.45) is 0 Å². The number of aromatic amines is 1. The highest BCUT2D eigenvalue weighted by Gasteiger charge is 2.13. The van der Waals surface area contributed by atoms with Gasteiger partial charge in [-0.2, -0.15) is 5.10 Å². The Morgan fingerprint density at radius 1 is 0.923 bits per heavy atom. The van der Waals surface area contributed by atoms with Gasteiger partial charge in [0, 0.05) is 22.3 Å². The van der Waals surface area contributed by atoms with Crippen LogP contribution in [0.4, 0.5) is 17.3 Å². The molecule has 0 aliphatic rings. The van der Waals surface area contributed by atoms with E-state index in [4.69, 9.17) is 23.2 Å². The van der Waals surface area contributed by atoms with Crippen LogP contribution in [0, 0.1) is 0 Å². The average molecular weight is 385 g/mol. The Balaban J connectivity index is 1.63. The molecule has 0 radical (unpaired) electrons. The first kappa shape index (κ1) is 16.6. The number of aromatic nitrogens is 4. The van der Waals surface area contributed by atoms with Crippen LogP contribution < -0.4 is 10.6 Å². The van der Waals surface area contributed by atoms with Gasteiger partial charge >= 0.3 is 0 Å². The molecule has 6 nitrogen and oxygen atoms in total. The van der Waals surface area contributed by atoms with Gasteiger partial charge in [0.25, 0.3) is 0 Å². The molecule has 8 heteroatoms. The molecule has 4 aromatic rings. The molecule has 0 aliphatic heterocycles. The fourth-order valence-electron chi connectivity index (χ4n) is 2.62. The summed E-state index contributed by atoms with van der Waals surface area (Å²) in [5.74, 6) is 1.30. The summed E-state index contributed by atoms with van der Waals surface area (Å²) in [5, 5.41) is 15.9. The molecule has 130 valence electrons. The van der Waals surface area contributed by atoms with Crippen molar-refractivity contribution < 1.29 is 0 Å². The maximum Gasteiger partial charge on any atom is 0.162 e. The van der Waals surface area contributed by atoms with E-state index >= 15 is 0 Å². The third-order valence-electron chi connectivity index (χ3n) is 3.79. The number of nitrogens with zero attached hydrogens (tertiary/aromatic N) is 3. The molecule has 0 spiro atoms. The van der Waals surface area contributed by atoms with Gasteiger partial charge in [-0.25, -0.2) is 9.97 Å². The number of fused-ring (bicyclic) bond motifs is 1. The third kappa shape index (κ3) is 3.56. The lowest BCUT2D eigenvalue weighted by atomic mass is 10.2. The zero-order valence-corrected chi connectivity index (χ0v) is 15.0. The molecule has 0 saturated heterocycles. The minimum Gasteiger partial charge on any atom is -0.364 e. The summed E-state index contributed by atoms with van der Waals surface area (Å²) >= 11 is 12.1. The Morgan fingerprint density at radius 3 is 2.54 bits per heavy atom. The number of H-pyrrole nitrogens is 1. The number of rotatable bonds is 5. The molecule has 2 aromatic heterocycles. The number of halogens is 2. The van der Waals surface area contributed by atoms with Crippen LogP contribution in [-0.2, 0) is 6.54 Å². The van der Waals surface area contributed by atoms with Crippen molar-refractivity contribution in [1.29, 1.82) is 0 Å². The van der Waals surface area contributed by atoms with Gasteiger partial charge in [-0.3, -0.25) is 5.10 Å². The smallest absolute Gasteiger partial charge is 0.162 e. The average Bonchev–Trinajstić information content (AvgIpc) is 3.04. The van der Waals surface area contributed by atoms with Crippen LogP contribution in [0.3, 0.4) is 0 Å². The maximum atomic E-state index is 6.06. The largest absolute Gasteiger partial charge is 0.364 e. The van der Waals surface area contributed by atoms with Crippen LogP contribution in [0.25, 0.3) is 11.0 Å². The van der Waals surface area contributed by atoms with E-state index in [1.54, 1.807) is 0 Å². The molecule has 26 heavy (non-hydrogen) atoms. The number of anilines is 3. The maximum absolute atomic E-state index is 6.06. The summed E-state index contributed by atoms with van der Waals surface area (Å²) in [6.07, 6.45) is 1.48. The normalized spacial score (nSPS) is 10.8. The van der Waals surface area contributed by atoms with Crippen LogP contribution in [0.1, 0.15) is 5.56 Å². The van der Waals surface area contributed by atoms with E-state index in [1.165, 1.54) is 6.33 Å². The molecule has 0 saturated carbocycles.